The Labute approximate surface area is 215 Å². The van der Waals surface area contributed by atoms with E-state index in [0.29, 0.717) is 44.1 Å². The Bertz CT molecular complexity index is 1200. The summed E-state index contributed by atoms with van der Waals surface area (Å²) in [5.74, 6) is 5.52. The highest BCUT2D eigenvalue weighted by Crippen LogP contribution is 2.56. The zero-order valence-electron chi connectivity index (χ0n) is 20.0. The van der Waals surface area contributed by atoms with Crippen LogP contribution in [-0.2, 0) is 4.79 Å². The molecule has 4 saturated carbocycles. The first kappa shape index (κ1) is 22.9. The summed E-state index contributed by atoms with van der Waals surface area (Å²) >= 11 is 7.15. The molecule has 35 heavy (non-hydrogen) atoms. The van der Waals surface area contributed by atoms with Crippen LogP contribution in [0.3, 0.4) is 0 Å². The van der Waals surface area contributed by atoms with E-state index in [2.05, 4.69) is 6.58 Å². The van der Waals surface area contributed by atoms with E-state index < -0.39 is 0 Å². The molecule has 5 fully saturated rings. The molecule has 0 atom stereocenters. The Morgan fingerprint density at radius 3 is 2.23 bits per heavy atom. The average Bonchev–Trinajstić information content (AvgIpc) is 3.38. The lowest BCUT2D eigenvalue weighted by Gasteiger charge is -2.56. The van der Waals surface area contributed by atoms with Crippen molar-refractivity contribution in [1.29, 1.82) is 0 Å². The molecule has 4 aliphatic carbocycles. The minimum atomic E-state index is 0.0217. The summed E-state index contributed by atoms with van der Waals surface area (Å²) < 4.78 is 17.7. The first-order chi connectivity index (χ1) is 17.0. The molecule has 7 heteroatoms. The number of thioether (sulfide) groups is 1. The van der Waals surface area contributed by atoms with Crippen molar-refractivity contribution in [2.45, 2.75) is 38.1 Å². The fraction of sp³-hybridized carbons (Fsp3) is 0.429. The molecule has 5 aliphatic rings. The van der Waals surface area contributed by atoms with Crippen LogP contribution in [0.25, 0.3) is 23.5 Å². The number of hydrogen-bond acceptors (Lipinski definition) is 6. The molecule has 4 bridgehead atoms. The molecule has 0 radical (unpaired) electrons. The topological polar surface area (TPSA) is 51.9 Å². The maximum Gasteiger partial charge on any atom is 0.266 e. The average molecular weight is 508 g/mol. The second kappa shape index (κ2) is 8.86. The fourth-order valence-electron chi connectivity index (χ4n) is 6.96. The van der Waals surface area contributed by atoms with Crippen molar-refractivity contribution >= 4 is 46.4 Å². The molecule has 1 aromatic heterocycles. The van der Waals surface area contributed by atoms with Crippen LogP contribution in [0.1, 0.15) is 43.4 Å². The zero-order valence-corrected chi connectivity index (χ0v) is 21.6. The Morgan fingerprint density at radius 1 is 1.03 bits per heavy atom. The Balaban J connectivity index is 1.30. The maximum absolute atomic E-state index is 13.6. The first-order valence-corrected chi connectivity index (χ1v) is 13.5. The summed E-state index contributed by atoms with van der Waals surface area (Å²) in [6, 6.07) is 7.78. The fourth-order valence-corrected chi connectivity index (χ4v) is 8.27. The van der Waals surface area contributed by atoms with Crippen LogP contribution < -0.4 is 9.47 Å². The lowest BCUT2D eigenvalue weighted by atomic mass is 9.54. The maximum atomic E-state index is 13.6. The van der Waals surface area contributed by atoms with E-state index >= 15 is 0 Å². The molecule has 2 aromatic rings. The molecule has 182 valence electrons. The van der Waals surface area contributed by atoms with Crippen molar-refractivity contribution in [3.05, 3.63) is 47.1 Å². The summed E-state index contributed by atoms with van der Waals surface area (Å²) in [4.78, 5) is 16.2. The number of amides is 1. The van der Waals surface area contributed by atoms with E-state index in [9.17, 15) is 4.79 Å². The Kier molecular flexibility index (Phi) is 5.80. The van der Waals surface area contributed by atoms with Gasteiger partial charge < -0.3 is 13.9 Å². The predicted octanol–water partition coefficient (Wildman–Crippen LogP) is 6.63. The van der Waals surface area contributed by atoms with E-state index in [1.807, 2.05) is 35.2 Å². The normalized spacial score (nSPS) is 30.4. The van der Waals surface area contributed by atoms with Gasteiger partial charge in [0, 0.05) is 29.3 Å². The van der Waals surface area contributed by atoms with Crippen LogP contribution in [0.2, 0.25) is 0 Å². The lowest BCUT2D eigenvalue weighted by molar-refractivity contribution is -0.130. The monoisotopic (exact) mass is 507 g/mol. The molecule has 5 nitrogen and oxygen atoms in total. The van der Waals surface area contributed by atoms with Crippen LogP contribution in [-0.4, -0.2) is 35.4 Å². The van der Waals surface area contributed by atoms with Gasteiger partial charge in [0.05, 0.1) is 19.1 Å². The number of thiocarbonyl (C=S) groups is 1. The van der Waals surface area contributed by atoms with Gasteiger partial charge in [-0.05, 0) is 74.0 Å². The molecule has 0 unspecified atom stereocenters. The second-order valence-corrected chi connectivity index (χ2v) is 11.9. The number of rotatable bonds is 6. The number of carbonyl (C=O) groups is 1. The van der Waals surface area contributed by atoms with E-state index in [0.717, 1.165) is 23.0 Å². The highest BCUT2D eigenvalue weighted by molar-refractivity contribution is 8.26. The number of hydrogen-bond donors (Lipinski definition) is 0. The van der Waals surface area contributed by atoms with Gasteiger partial charge in [0.1, 0.15) is 27.3 Å². The third kappa shape index (κ3) is 3.93. The van der Waals surface area contributed by atoms with E-state index in [-0.39, 0.29) is 11.9 Å². The molecule has 1 aromatic carbocycles. The van der Waals surface area contributed by atoms with Gasteiger partial charge in [0.2, 0.25) is 0 Å². The van der Waals surface area contributed by atoms with E-state index in [1.165, 1.54) is 43.9 Å². The largest absolute Gasteiger partial charge is 0.497 e. The minimum absolute atomic E-state index is 0.0217. The summed E-state index contributed by atoms with van der Waals surface area (Å²) in [5.41, 5.74) is 1.65. The molecular weight excluding hydrogens is 478 g/mol. The van der Waals surface area contributed by atoms with Gasteiger partial charge in [-0.15, -0.1) is 0 Å². The van der Waals surface area contributed by atoms with Crippen LogP contribution in [0.4, 0.5) is 0 Å². The predicted molar refractivity (Wildman–Crippen MR) is 143 cm³/mol. The van der Waals surface area contributed by atoms with Crippen molar-refractivity contribution in [2.24, 2.45) is 23.7 Å². The molecule has 7 rings (SSSR count). The van der Waals surface area contributed by atoms with Gasteiger partial charge in [-0.3, -0.25) is 9.69 Å². The molecule has 0 N–H and O–H groups in total. The molecule has 0 spiro atoms. The number of carbonyl (C=O) groups excluding carboxylic acids is 1. The van der Waals surface area contributed by atoms with Crippen LogP contribution in [0.5, 0.6) is 11.5 Å². The third-order valence-corrected chi connectivity index (χ3v) is 9.54. The standard InChI is InChI=1S/C28H29NO4S2/c1-4-17-12-23(18-10-21(31-2)13-22(11-18)32-3)33-24(17)14-25-27(30)29(28(34)35-25)26-19-6-15-5-16(8-19)9-20(26)7-15/h4,10-16,19-20,26H,1,5-9H2,2-3H3/b25-14-. The SMILES string of the molecule is C=Cc1cc(-c2cc(OC)cc(OC)c2)oc1/C=C1\SC(=S)N(C2C3CC4CC(C3)CC2C4)C1=O. The summed E-state index contributed by atoms with van der Waals surface area (Å²) in [6.45, 7) is 3.95. The van der Waals surface area contributed by atoms with E-state index in [1.54, 1.807) is 20.3 Å². The summed E-state index contributed by atoms with van der Waals surface area (Å²) in [7, 11) is 3.24. The van der Waals surface area contributed by atoms with Crippen molar-refractivity contribution < 1.29 is 18.7 Å². The zero-order chi connectivity index (χ0) is 24.3. The number of methoxy groups -OCH3 is 2. The number of furan rings is 1. The van der Waals surface area contributed by atoms with Crippen molar-refractivity contribution in [1.82, 2.24) is 4.90 Å². The highest BCUT2D eigenvalue weighted by atomic mass is 32.2. The highest BCUT2D eigenvalue weighted by Gasteiger charge is 2.53. The van der Waals surface area contributed by atoms with Crippen LogP contribution in [0.15, 0.2) is 40.2 Å². The Hall–Kier alpha value is -2.51. The van der Waals surface area contributed by atoms with Gasteiger partial charge in [-0.25, -0.2) is 0 Å². The second-order valence-electron chi connectivity index (χ2n) is 10.2. The van der Waals surface area contributed by atoms with Crippen molar-refractivity contribution in [3.8, 4) is 22.8 Å². The summed E-state index contributed by atoms with van der Waals surface area (Å²) in [5, 5.41) is 0. The van der Waals surface area contributed by atoms with Gasteiger partial charge >= 0.3 is 0 Å². The quantitative estimate of drug-likeness (QED) is 0.323. The number of benzene rings is 1. The van der Waals surface area contributed by atoms with Crippen molar-refractivity contribution in [2.75, 3.05) is 14.2 Å². The molecular formula is C28H29NO4S2. The van der Waals surface area contributed by atoms with E-state index in [4.69, 9.17) is 26.1 Å². The van der Waals surface area contributed by atoms with Gasteiger partial charge in [0.25, 0.3) is 5.91 Å². The third-order valence-electron chi connectivity index (χ3n) is 8.21. The van der Waals surface area contributed by atoms with Gasteiger partial charge in [0.15, 0.2) is 0 Å². The van der Waals surface area contributed by atoms with Crippen LogP contribution in [0, 0.1) is 23.7 Å². The number of nitrogens with zero attached hydrogens (tertiary/aromatic N) is 1. The molecule has 1 saturated heterocycles. The molecule has 1 aliphatic heterocycles. The summed E-state index contributed by atoms with van der Waals surface area (Å²) in [6.07, 6.45) is 9.96. The van der Waals surface area contributed by atoms with Gasteiger partial charge in [-0.2, -0.15) is 0 Å². The first-order valence-electron chi connectivity index (χ1n) is 12.2. The van der Waals surface area contributed by atoms with Crippen LogP contribution >= 0.6 is 24.0 Å². The minimum Gasteiger partial charge on any atom is -0.497 e. The van der Waals surface area contributed by atoms with Crippen molar-refractivity contribution in [3.63, 3.8) is 0 Å². The Morgan fingerprint density at radius 2 is 1.66 bits per heavy atom. The molecule has 2 heterocycles. The lowest BCUT2D eigenvalue weighted by Crippen LogP contribution is -2.57. The van der Waals surface area contributed by atoms with Gasteiger partial charge in [-0.1, -0.05) is 36.6 Å². The smallest absolute Gasteiger partial charge is 0.266 e. The number of ether oxygens (including phenoxy) is 2. The molecule has 1 amide bonds.